The van der Waals surface area contributed by atoms with Crippen LogP contribution in [0.25, 0.3) is 16.8 Å². The van der Waals surface area contributed by atoms with Gasteiger partial charge in [-0.15, -0.1) is 0 Å². The van der Waals surface area contributed by atoms with Gasteiger partial charge >= 0.3 is 0 Å². The number of hydrogen-bond donors (Lipinski definition) is 2. The molecule has 24 heavy (non-hydrogen) atoms. The van der Waals surface area contributed by atoms with E-state index in [0.717, 1.165) is 40.7 Å². The molecule has 0 atom stereocenters. The van der Waals surface area contributed by atoms with Crippen LogP contribution >= 0.6 is 0 Å². The average molecular weight is 324 g/mol. The summed E-state index contributed by atoms with van der Waals surface area (Å²) in [5.74, 6) is 0.850. The Balaban J connectivity index is 1.75. The van der Waals surface area contributed by atoms with Gasteiger partial charge in [0.2, 0.25) is 0 Å². The largest absolute Gasteiger partial charge is 0.494 e. The van der Waals surface area contributed by atoms with Gasteiger partial charge in [0, 0.05) is 12.1 Å². The molecule has 0 saturated carbocycles. The lowest BCUT2D eigenvalue weighted by molar-refractivity contribution is -0.116. The minimum atomic E-state index is -0.0564. The first-order valence-electron chi connectivity index (χ1n) is 8.67. The van der Waals surface area contributed by atoms with Gasteiger partial charge in [0.05, 0.1) is 6.61 Å². The number of carbonyl (C=O) groups excluding carboxylic acids is 1. The first-order valence-corrected chi connectivity index (χ1v) is 8.67. The number of benzene rings is 2. The molecule has 2 N–H and O–H groups in total. The van der Waals surface area contributed by atoms with Crippen molar-refractivity contribution >= 4 is 22.8 Å². The summed E-state index contributed by atoms with van der Waals surface area (Å²) in [4.78, 5) is 11.7. The van der Waals surface area contributed by atoms with Gasteiger partial charge in [0.1, 0.15) is 5.75 Å². The van der Waals surface area contributed by atoms with Crippen molar-refractivity contribution in [2.45, 2.75) is 32.6 Å². The molecule has 0 radical (unpaired) electrons. The normalized spacial score (nSPS) is 15.9. The molecule has 4 heteroatoms. The third-order valence-electron chi connectivity index (χ3n) is 4.25. The third-order valence-corrected chi connectivity index (χ3v) is 4.25. The highest BCUT2D eigenvalue weighted by Gasteiger charge is 2.15. The number of ether oxygens (including phenoxy) is 1. The Labute approximate surface area is 142 Å². The van der Waals surface area contributed by atoms with E-state index in [1.165, 1.54) is 19.3 Å². The molecule has 4 nitrogen and oxygen atoms in total. The summed E-state index contributed by atoms with van der Waals surface area (Å²) in [7, 11) is 0. The van der Waals surface area contributed by atoms with Gasteiger partial charge in [-0.05, 0) is 41.0 Å². The van der Waals surface area contributed by atoms with Crippen molar-refractivity contribution in [3.63, 3.8) is 0 Å². The van der Waals surface area contributed by atoms with E-state index < -0.39 is 0 Å². The molecule has 0 spiro atoms. The van der Waals surface area contributed by atoms with E-state index in [9.17, 15) is 4.79 Å². The lowest BCUT2D eigenvalue weighted by Crippen LogP contribution is -2.25. The topological polar surface area (TPSA) is 50.4 Å². The standard InChI is InChI=1S/C20H24N2O2/c1-2-3-4-5-11-24-18-9-10-19-15(7-6-8-16(19)13-18)12-17-14-21-22-20(17)23/h6-10,12-13,21H,2-5,11,14H2,1H3,(H,22,23)/b17-12+. The minimum absolute atomic E-state index is 0.0564. The summed E-state index contributed by atoms with van der Waals surface area (Å²) >= 11 is 0. The monoisotopic (exact) mass is 324 g/mol. The molecule has 0 bridgehead atoms. The molecule has 1 fully saturated rings. The lowest BCUT2D eigenvalue weighted by atomic mass is 10.0. The molecule has 0 aliphatic carbocycles. The molecular weight excluding hydrogens is 300 g/mol. The van der Waals surface area contributed by atoms with Crippen molar-refractivity contribution in [1.82, 2.24) is 10.9 Å². The third kappa shape index (κ3) is 3.95. The lowest BCUT2D eigenvalue weighted by Gasteiger charge is -2.09. The molecule has 1 aliphatic rings. The van der Waals surface area contributed by atoms with E-state index >= 15 is 0 Å². The smallest absolute Gasteiger partial charge is 0.262 e. The number of hydrazine groups is 1. The fraction of sp³-hybridized carbons (Fsp3) is 0.350. The SMILES string of the molecule is CCCCCCOc1ccc2c(/C=C3\CNNC3=O)cccc2c1. The second-order valence-corrected chi connectivity index (χ2v) is 6.12. The zero-order valence-corrected chi connectivity index (χ0v) is 14.1. The minimum Gasteiger partial charge on any atom is -0.494 e. The molecule has 2 aromatic rings. The highest BCUT2D eigenvalue weighted by Crippen LogP contribution is 2.26. The van der Waals surface area contributed by atoms with Crippen LogP contribution < -0.4 is 15.6 Å². The van der Waals surface area contributed by atoms with Gasteiger partial charge in [-0.1, -0.05) is 50.5 Å². The van der Waals surface area contributed by atoms with E-state index in [2.05, 4.69) is 36.0 Å². The highest BCUT2D eigenvalue weighted by atomic mass is 16.5. The van der Waals surface area contributed by atoms with Crippen LogP contribution in [-0.4, -0.2) is 19.1 Å². The Kier molecular flexibility index (Phi) is 5.49. The number of rotatable bonds is 7. The van der Waals surface area contributed by atoms with Crippen LogP contribution in [-0.2, 0) is 4.79 Å². The first kappa shape index (κ1) is 16.5. The van der Waals surface area contributed by atoms with Crippen LogP contribution in [0, 0.1) is 0 Å². The van der Waals surface area contributed by atoms with E-state index in [4.69, 9.17) is 4.74 Å². The number of amides is 1. The van der Waals surface area contributed by atoms with Crippen LogP contribution in [0.3, 0.4) is 0 Å². The number of fused-ring (bicyclic) bond motifs is 1. The Hall–Kier alpha value is -2.33. The van der Waals surface area contributed by atoms with Gasteiger partial charge in [0.25, 0.3) is 5.91 Å². The Morgan fingerprint density at radius 3 is 2.88 bits per heavy atom. The van der Waals surface area contributed by atoms with Gasteiger partial charge in [0.15, 0.2) is 0 Å². The summed E-state index contributed by atoms with van der Waals surface area (Å²) in [5.41, 5.74) is 7.26. The maximum atomic E-state index is 11.7. The predicted molar refractivity (Wildman–Crippen MR) is 97.7 cm³/mol. The summed E-state index contributed by atoms with van der Waals surface area (Å²) < 4.78 is 5.86. The van der Waals surface area contributed by atoms with E-state index in [1.807, 2.05) is 24.3 Å². The van der Waals surface area contributed by atoms with Gasteiger partial charge in [-0.2, -0.15) is 0 Å². The van der Waals surface area contributed by atoms with Gasteiger partial charge in [-0.3, -0.25) is 10.2 Å². The Bertz CT molecular complexity index is 752. The molecule has 2 aromatic carbocycles. The van der Waals surface area contributed by atoms with Crippen LogP contribution in [0.2, 0.25) is 0 Å². The Morgan fingerprint density at radius 1 is 1.17 bits per heavy atom. The van der Waals surface area contributed by atoms with Crippen LogP contribution in [0.15, 0.2) is 42.0 Å². The molecule has 1 saturated heterocycles. The average Bonchev–Trinajstić information content (AvgIpc) is 3.00. The maximum Gasteiger partial charge on any atom is 0.262 e. The quantitative estimate of drug-likeness (QED) is 0.601. The van der Waals surface area contributed by atoms with Crippen LogP contribution in [0.1, 0.15) is 38.2 Å². The summed E-state index contributed by atoms with van der Waals surface area (Å²) in [5, 5.41) is 2.25. The number of nitrogens with one attached hydrogen (secondary N) is 2. The molecule has 3 rings (SSSR count). The van der Waals surface area contributed by atoms with Gasteiger partial charge < -0.3 is 4.74 Å². The van der Waals surface area contributed by atoms with Crippen molar-refractivity contribution in [3.05, 3.63) is 47.5 Å². The molecule has 0 aromatic heterocycles. The molecule has 1 heterocycles. The predicted octanol–water partition coefficient (Wildman–Crippen LogP) is 3.82. The molecule has 1 amide bonds. The zero-order valence-electron chi connectivity index (χ0n) is 14.1. The number of unbranched alkanes of at least 4 members (excludes halogenated alkanes) is 3. The van der Waals surface area contributed by atoms with E-state index in [1.54, 1.807) is 0 Å². The fourth-order valence-corrected chi connectivity index (χ4v) is 2.91. The Morgan fingerprint density at radius 2 is 2.08 bits per heavy atom. The first-order chi connectivity index (χ1) is 11.8. The van der Waals surface area contributed by atoms with E-state index in [0.29, 0.717) is 6.54 Å². The maximum absolute atomic E-state index is 11.7. The van der Waals surface area contributed by atoms with Crippen molar-refractivity contribution in [2.75, 3.05) is 13.2 Å². The van der Waals surface area contributed by atoms with Crippen molar-refractivity contribution < 1.29 is 9.53 Å². The number of carbonyl (C=O) groups is 1. The van der Waals surface area contributed by atoms with Gasteiger partial charge in [-0.25, -0.2) is 5.43 Å². The second-order valence-electron chi connectivity index (χ2n) is 6.12. The molecule has 126 valence electrons. The summed E-state index contributed by atoms with van der Waals surface area (Å²) in [6, 6.07) is 12.3. The zero-order chi connectivity index (χ0) is 16.8. The number of hydrogen-bond acceptors (Lipinski definition) is 3. The second kappa shape index (κ2) is 7.97. The molecular formula is C20H24N2O2. The summed E-state index contributed by atoms with van der Waals surface area (Å²) in [6.45, 7) is 3.53. The fourth-order valence-electron chi connectivity index (χ4n) is 2.91. The van der Waals surface area contributed by atoms with E-state index in [-0.39, 0.29) is 5.91 Å². The van der Waals surface area contributed by atoms with Crippen molar-refractivity contribution in [2.24, 2.45) is 0 Å². The van der Waals surface area contributed by atoms with Crippen molar-refractivity contribution in [1.29, 1.82) is 0 Å². The molecule has 1 aliphatic heterocycles. The van der Waals surface area contributed by atoms with Crippen LogP contribution in [0.5, 0.6) is 5.75 Å². The van der Waals surface area contributed by atoms with Crippen molar-refractivity contribution in [3.8, 4) is 5.75 Å². The summed E-state index contributed by atoms with van der Waals surface area (Å²) in [6.07, 6.45) is 6.77. The highest BCUT2D eigenvalue weighted by molar-refractivity contribution is 6.02. The van der Waals surface area contributed by atoms with Crippen LogP contribution in [0.4, 0.5) is 0 Å². The molecule has 0 unspecified atom stereocenters.